The molecule has 0 amide bonds. The normalized spacial score (nSPS) is 23.7. The van der Waals surface area contributed by atoms with Gasteiger partial charge in [0.05, 0.1) is 23.2 Å². The third kappa shape index (κ3) is 4.72. The number of ether oxygens (including phenoxy) is 1. The minimum atomic E-state index is -0.702. The predicted molar refractivity (Wildman–Crippen MR) is 114 cm³/mol. The standard InChI is InChI=1S/C24H32N2O3/c1-24(2,3)18-5-8-20(9-6-18)29-21-10-11-22-16(12-21)4-7-19(25-22)15-26-13-17(14-26)23(27)28/h4,7,10-12,17-18,20H,5-6,8-9,13-15H2,1-3H3,(H,27,28). The Kier molecular flexibility index (Phi) is 5.52. The van der Waals surface area contributed by atoms with Crippen LogP contribution in [0.2, 0.25) is 0 Å². The topological polar surface area (TPSA) is 62.7 Å². The third-order valence-corrected chi connectivity index (χ3v) is 6.61. The molecule has 1 saturated carbocycles. The Morgan fingerprint density at radius 1 is 1.14 bits per heavy atom. The highest BCUT2D eigenvalue weighted by Gasteiger charge is 2.32. The fourth-order valence-electron chi connectivity index (χ4n) is 4.63. The van der Waals surface area contributed by atoms with Gasteiger partial charge in [0.25, 0.3) is 0 Å². The highest BCUT2D eigenvalue weighted by atomic mass is 16.5. The molecule has 1 aliphatic heterocycles. The Labute approximate surface area is 173 Å². The largest absolute Gasteiger partial charge is 0.490 e. The molecule has 2 fully saturated rings. The monoisotopic (exact) mass is 396 g/mol. The van der Waals surface area contributed by atoms with Crippen molar-refractivity contribution in [3.8, 4) is 5.75 Å². The molecule has 2 aromatic rings. The minimum absolute atomic E-state index is 0.228. The van der Waals surface area contributed by atoms with Crippen LogP contribution in [0.25, 0.3) is 10.9 Å². The van der Waals surface area contributed by atoms with Crippen molar-refractivity contribution >= 4 is 16.9 Å². The number of carboxylic acids is 1. The zero-order valence-corrected chi connectivity index (χ0v) is 17.7. The lowest BCUT2D eigenvalue weighted by Crippen LogP contribution is -2.49. The second-order valence-corrected chi connectivity index (χ2v) is 9.84. The second-order valence-electron chi connectivity index (χ2n) is 9.84. The number of likely N-dealkylation sites (tertiary alicyclic amines) is 1. The van der Waals surface area contributed by atoms with Gasteiger partial charge in [0.1, 0.15) is 5.75 Å². The summed E-state index contributed by atoms with van der Waals surface area (Å²) in [5.41, 5.74) is 2.33. The van der Waals surface area contributed by atoms with Crippen LogP contribution in [-0.2, 0) is 11.3 Å². The molecule has 0 radical (unpaired) electrons. The summed E-state index contributed by atoms with van der Waals surface area (Å²) < 4.78 is 6.29. The SMILES string of the molecule is CC(C)(C)C1CCC(Oc2ccc3nc(CN4CC(C(=O)O)C4)ccc3c2)CC1. The van der Waals surface area contributed by atoms with E-state index in [-0.39, 0.29) is 5.92 Å². The number of aromatic nitrogens is 1. The molecule has 4 rings (SSSR count). The molecular formula is C24H32N2O3. The first-order chi connectivity index (χ1) is 13.8. The van der Waals surface area contributed by atoms with Gasteiger partial charge in [0.15, 0.2) is 0 Å². The summed E-state index contributed by atoms with van der Waals surface area (Å²) in [6, 6.07) is 10.3. The smallest absolute Gasteiger partial charge is 0.309 e. The zero-order chi connectivity index (χ0) is 20.6. The van der Waals surface area contributed by atoms with Crippen molar-refractivity contribution in [2.24, 2.45) is 17.3 Å². The van der Waals surface area contributed by atoms with Crippen molar-refractivity contribution in [1.82, 2.24) is 9.88 Å². The van der Waals surface area contributed by atoms with E-state index in [1.807, 2.05) is 18.2 Å². The number of benzene rings is 1. The first-order valence-electron chi connectivity index (χ1n) is 10.8. The van der Waals surface area contributed by atoms with Crippen LogP contribution in [0.1, 0.15) is 52.1 Å². The number of hydrogen-bond donors (Lipinski definition) is 1. The summed E-state index contributed by atoms with van der Waals surface area (Å²) in [4.78, 5) is 17.8. The second kappa shape index (κ2) is 7.94. The molecule has 2 aliphatic rings. The molecule has 0 atom stereocenters. The average molecular weight is 397 g/mol. The van der Waals surface area contributed by atoms with E-state index in [1.165, 1.54) is 12.8 Å². The summed E-state index contributed by atoms with van der Waals surface area (Å²) >= 11 is 0. The van der Waals surface area contributed by atoms with Gasteiger partial charge >= 0.3 is 5.97 Å². The molecule has 0 unspecified atom stereocenters. The van der Waals surface area contributed by atoms with Crippen LogP contribution in [0.5, 0.6) is 5.75 Å². The van der Waals surface area contributed by atoms with Gasteiger partial charge < -0.3 is 9.84 Å². The van der Waals surface area contributed by atoms with Crippen molar-refractivity contribution in [2.45, 2.75) is 59.1 Å². The Balaban J connectivity index is 1.35. The van der Waals surface area contributed by atoms with Gasteiger partial charge in [0.2, 0.25) is 0 Å². The van der Waals surface area contributed by atoms with Crippen molar-refractivity contribution in [3.63, 3.8) is 0 Å². The van der Waals surface area contributed by atoms with Crippen LogP contribution >= 0.6 is 0 Å². The Bertz CT molecular complexity index is 875. The molecule has 1 aromatic heterocycles. The molecule has 0 spiro atoms. The molecule has 1 aromatic carbocycles. The molecule has 5 heteroatoms. The molecule has 1 saturated heterocycles. The summed E-state index contributed by atoms with van der Waals surface area (Å²) in [6.07, 6.45) is 5.05. The highest BCUT2D eigenvalue weighted by Crippen LogP contribution is 2.39. The van der Waals surface area contributed by atoms with Gasteiger partial charge in [-0.1, -0.05) is 26.8 Å². The molecule has 2 heterocycles. The molecule has 0 bridgehead atoms. The summed E-state index contributed by atoms with van der Waals surface area (Å²) in [7, 11) is 0. The maximum absolute atomic E-state index is 10.9. The van der Waals surface area contributed by atoms with E-state index in [1.54, 1.807) is 0 Å². The van der Waals surface area contributed by atoms with Gasteiger partial charge in [-0.15, -0.1) is 0 Å². The highest BCUT2D eigenvalue weighted by molar-refractivity contribution is 5.80. The zero-order valence-electron chi connectivity index (χ0n) is 17.7. The van der Waals surface area contributed by atoms with Crippen LogP contribution < -0.4 is 4.74 Å². The quantitative estimate of drug-likeness (QED) is 0.791. The van der Waals surface area contributed by atoms with Crippen molar-refractivity contribution in [1.29, 1.82) is 0 Å². The van der Waals surface area contributed by atoms with Gasteiger partial charge in [-0.25, -0.2) is 0 Å². The van der Waals surface area contributed by atoms with Crippen LogP contribution in [-0.4, -0.2) is 40.2 Å². The van der Waals surface area contributed by atoms with E-state index in [9.17, 15) is 4.79 Å². The molecule has 29 heavy (non-hydrogen) atoms. The van der Waals surface area contributed by atoms with Crippen LogP contribution in [0.15, 0.2) is 30.3 Å². The maximum atomic E-state index is 10.9. The van der Waals surface area contributed by atoms with Crippen molar-refractivity contribution < 1.29 is 14.6 Å². The van der Waals surface area contributed by atoms with Crippen molar-refractivity contribution in [2.75, 3.05) is 13.1 Å². The first-order valence-corrected chi connectivity index (χ1v) is 10.8. The fourth-order valence-corrected chi connectivity index (χ4v) is 4.63. The van der Waals surface area contributed by atoms with Crippen LogP contribution in [0, 0.1) is 17.3 Å². The number of pyridine rings is 1. The predicted octanol–water partition coefficient (Wildman–Crippen LogP) is 4.73. The Morgan fingerprint density at radius 2 is 1.86 bits per heavy atom. The first kappa shape index (κ1) is 20.1. The fraction of sp³-hybridized carbons (Fsp3) is 0.583. The number of aliphatic carboxylic acids is 1. The number of hydrogen-bond acceptors (Lipinski definition) is 4. The number of carbonyl (C=O) groups is 1. The summed E-state index contributed by atoms with van der Waals surface area (Å²) in [5, 5.41) is 10.1. The van der Waals surface area contributed by atoms with Gasteiger partial charge in [-0.05, 0) is 61.3 Å². The minimum Gasteiger partial charge on any atom is -0.490 e. The van der Waals surface area contributed by atoms with Gasteiger partial charge in [-0.2, -0.15) is 0 Å². The molecule has 156 valence electrons. The maximum Gasteiger partial charge on any atom is 0.309 e. The summed E-state index contributed by atoms with van der Waals surface area (Å²) in [5.74, 6) is 0.790. The number of fused-ring (bicyclic) bond motifs is 1. The van der Waals surface area contributed by atoms with Crippen LogP contribution in [0.4, 0.5) is 0 Å². The lowest BCUT2D eigenvalue weighted by atomic mass is 9.72. The molecular weight excluding hydrogens is 364 g/mol. The van der Waals surface area contributed by atoms with E-state index in [4.69, 9.17) is 14.8 Å². The van der Waals surface area contributed by atoms with Crippen LogP contribution in [0.3, 0.4) is 0 Å². The third-order valence-electron chi connectivity index (χ3n) is 6.61. The number of rotatable bonds is 5. The van der Waals surface area contributed by atoms with E-state index in [2.05, 4.69) is 37.8 Å². The van der Waals surface area contributed by atoms with Gasteiger partial charge in [-0.3, -0.25) is 14.7 Å². The summed E-state index contributed by atoms with van der Waals surface area (Å²) in [6.45, 7) is 8.95. The number of nitrogens with zero attached hydrogens (tertiary/aromatic N) is 2. The van der Waals surface area contributed by atoms with E-state index in [0.717, 1.165) is 41.1 Å². The van der Waals surface area contributed by atoms with E-state index in [0.29, 0.717) is 31.2 Å². The van der Waals surface area contributed by atoms with Crippen molar-refractivity contribution in [3.05, 3.63) is 36.0 Å². The average Bonchev–Trinajstić information content (AvgIpc) is 2.63. The van der Waals surface area contributed by atoms with Gasteiger partial charge in [0, 0.05) is 25.0 Å². The lowest BCUT2D eigenvalue weighted by molar-refractivity contribution is -0.147. The number of carboxylic acid groups (broad SMARTS) is 1. The molecule has 5 nitrogen and oxygen atoms in total. The molecule has 1 N–H and O–H groups in total. The molecule has 1 aliphatic carbocycles. The lowest BCUT2D eigenvalue weighted by Gasteiger charge is -2.37. The van der Waals surface area contributed by atoms with E-state index >= 15 is 0 Å². The Morgan fingerprint density at radius 3 is 2.52 bits per heavy atom. The Hall–Kier alpha value is -2.14. The van der Waals surface area contributed by atoms with E-state index < -0.39 is 5.97 Å².